The van der Waals surface area contributed by atoms with Gasteiger partial charge in [-0.25, -0.2) is 9.48 Å². The van der Waals surface area contributed by atoms with Crippen LogP contribution in [0.5, 0.6) is 5.75 Å². The number of carbonyl (C=O) groups is 2. The molecule has 1 aliphatic carbocycles. The maximum Gasteiger partial charge on any atom is 0.336 e. The van der Waals surface area contributed by atoms with Crippen LogP contribution in [0.3, 0.4) is 0 Å². The number of carboxylic acids is 2. The Kier molecular flexibility index (Phi) is 8.69. The van der Waals surface area contributed by atoms with Gasteiger partial charge in [0, 0.05) is 58.5 Å². The predicted octanol–water partition coefficient (Wildman–Crippen LogP) is 5.99. The molecule has 6 rings (SSSR count). The number of hydrogen-bond donors (Lipinski definition) is 6. The van der Waals surface area contributed by atoms with Crippen LogP contribution in [-0.2, 0) is 11.3 Å². The molecule has 3 aromatic carbocycles. The molecule has 1 aliphatic heterocycles. The number of aliphatic carboxylic acids is 1. The number of phenolic OH excluding ortho intramolecular Hbond substituents is 1. The van der Waals surface area contributed by atoms with Gasteiger partial charge in [0.05, 0.1) is 11.3 Å². The number of hydrogen-bond acceptors (Lipinski definition) is 8. The maximum absolute atomic E-state index is 12.5. The second-order valence-electron chi connectivity index (χ2n) is 10.9. The molecule has 6 N–H and O–H groups in total. The minimum atomic E-state index is -1.18. The lowest BCUT2D eigenvalue weighted by Gasteiger charge is -2.18. The summed E-state index contributed by atoms with van der Waals surface area (Å²) in [6.45, 7) is 0.310. The van der Waals surface area contributed by atoms with Crippen molar-refractivity contribution in [1.29, 1.82) is 5.41 Å². The molecule has 1 aromatic heterocycles. The molecule has 0 saturated carbocycles. The van der Waals surface area contributed by atoms with Crippen LogP contribution in [0.15, 0.2) is 100 Å². The van der Waals surface area contributed by atoms with Crippen LogP contribution >= 0.6 is 12.2 Å². The molecule has 13 heteroatoms. The van der Waals surface area contributed by atoms with Crippen molar-refractivity contribution in [3.63, 3.8) is 0 Å². The Bertz CT molecular complexity index is 2310. The van der Waals surface area contributed by atoms with Crippen LogP contribution in [0.2, 0.25) is 0 Å². The van der Waals surface area contributed by atoms with Gasteiger partial charge in [0.15, 0.2) is 10.5 Å². The number of rotatable bonds is 9. The Morgan fingerprint density at radius 1 is 0.875 bits per heavy atom. The van der Waals surface area contributed by atoms with E-state index in [0.717, 1.165) is 5.56 Å². The van der Waals surface area contributed by atoms with Gasteiger partial charge in [0.1, 0.15) is 22.6 Å². The van der Waals surface area contributed by atoms with Crippen molar-refractivity contribution in [2.75, 3.05) is 10.6 Å². The number of phenols is 1. The first-order valence-corrected chi connectivity index (χ1v) is 15.1. The highest BCUT2D eigenvalue weighted by Gasteiger charge is 2.22. The zero-order valence-electron chi connectivity index (χ0n) is 25.1. The predicted molar refractivity (Wildman–Crippen MR) is 183 cm³/mol. The molecule has 12 nitrogen and oxygen atoms in total. The zero-order valence-corrected chi connectivity index (χ0v) is 25.9. The summed E-state index contributed by atoms with van der Waals surface area (Å²) in [7, 11) is 0. The zero-order chi connectivity index (χ0) is 33.9. The van der Waals surface area contributed by atoms with Gasteiger partial charge in [-0.05, 0) is 84.9 Å². The van der Waals surface area contributed by atoms with E-state index in [1.807, 2.05) is 12.1 Å². The normalized spacial score (nSPS) is 11.0. The number of thiocarbonyl (C=S) groups is 1. The molecule has 0 unspecified atom stereocenters. The van der Waals surface area contributed by atoms with Crippen LogP contribution in [0, 0.1) is 5.41 Å². The fourth-order valence-electron chi connectivity index (χ4n) is 5.35. The SMILES string of the molecule is N=c1ccc(-c2ccc(NC(=S)Nc3ccc(-c4c5ccc(=O)cc-5oc5cc(O)ccc45)c(C(=O)O)c3)cc2)nn1CCCC(=O)O. The van der Waals surface area contributed by atoms with E-state index in [0.29, 0.717) is 52.1 Å². The molecule has 0 amide bonds. The molecule has 0 atom stereocenters. The van der Waals surface area contributed by atoms with Crippen molar-refractivity contribution in [2.24, 2.45) is 0 Å². The van der Waals surface area contributed by atoms with Gasteiger partial charge < -0.3 is 30.4 Å². The molecule has 48 heavy (non-hydrogen) atoms. The van der Waals surface area contributed by atoms with Crippen LogP contribution in [0.25, 0.3) is 44.7 Å². The lowest BCUT2D eigenvalue weighted by molar-refractivity contribution is -0.137. The summed E-state index contributed by atoms with van der Waals surface area (Å²) < 4.78 is 7.36. The van der Waals surface area contributed by atoms with Crippen molar-refractivity contribution in [1.82, 2.24) is 9.78 Å². The summed E-state index contributed by atoms with van der Waals surface area (Å²) in [4.78, 5) is 35.5. The lowest BCUT2D eigenvalue weighted by Crippen LogP contribution is -2.23. The largest absolute Gasteiger partial charge is 0.508 e. The standard InChI is InChI=1S/C35H27N5O7S/c36-31-14-13-28(39-40(31)15-1-2-32(43)44)19-3-5-20(6-4-19)37-35(48)38-21-7-10-24(27(16-21)34(45)46)33-25-11-8-22(41)17-29(25)47-30-18-23(42)9-12-26(30)33/h3-14,16-18,36,41H,1-2,15H2,(H,43,44)(H,45,46)(H2,37,38,48). The third-order valence-corrected chi connectivity index (χ3v) is 7.76. The van der Waals surface area contributed by atoms with E-state index < -0.39 is 11.9 Å². The van der Waals surface area contributed by atoms with Gasteiger partial charge in [-0.2, -0.15) is 5.10 Å². The fraction of sp³-hybridized carbons (Fsp3) is 0.0857. The van der Waals surface area contributed by atoms with E-state index in [1.165, 1.54) is 35.0 Å². The van der Waals surface area contributed by atoms with Crippen LogP contribution in [0.4, 0.5) is 11.4 Å². The van der Waals surface area contributed by atoms with Crippen molar-refractivity contribution in [3.05, 3.63) is 112 Å². The molecule has 2 aliphatic rings. The number of aromatic hydroxyl groups is 1. The Balaban J connectivity index is 1.23. The third kappa shape index (κ3) is 6.76. The van der Waals surface area contributed by atoms with Crippen molar-refractivity contribution >= 4 is 51.6 Å². The van der Waals surface area contributed by atoms with Crippen molar-refractivity contribution < 1.29 is 29.3 Å². The minimum absolute atomic E-state index is 0.0112. The molecule has 0 bridgehead atoms. The first-order chi connectivity index (χ1) is 23.0. The molecule has 240 valence electrons. The molecule has 0 saturated heterocycles. The molecule has 4 aromatic rings. The summed E-state index contributed by atoms with van der Waals surface area (Å²) in [5, 5.41) is 48.6. The van der Waals surface area contributed by atoms with E-state index in [4.69, 9.17) is 27.2 Å². The molecule has 0 radical (unpaired) electrons. The van der Waals surface area contributed by atoms with E-state index in [9.17, 15) is 24.6 Å². The quantitative estimate of drug-likeness (QED) is 0.0789. The monoisotopic (exact) mass is 661 g/mol. The summed E-state index contributed by atoms with van der Waals surface area (Å²) >= 11 is 5.51. The Labute approximate surface area is 277 Å². The Morgan fingerprint density at radius 2 is 1.60 bits per heavy atom. The van der Waals surface area contributed by atoms with Gasteiger partial charge in [-0.3, -0.25) is 15.0 Å². The topological polar surface area (TPSA) is 191 Å². The minimum Gasteiger partial charge on any atom is -0.508 e. The average Bonchev–Trinajstić information content (AvgIpc) is 3.04. The molecule has 0 fully saturated rings. The number of aromatic nitrogens is 2. The number of carboxylic acid groups (broad SMARTS) is 2. The van der Waals surface area contributed by atoms with E-state index in [-0.39, 0.29) is 45.1 Å². The number of nitrogens with zero attached hydrogens (tertiary/aromatic N) is 2. The van der Waals surface area contributed by atoms with Gasteiger partial charge >= 0.3 is 11.9 Å². The van der Waals surface area contributed by atoms with Gasteiger partial charge in [-0.15, -0.1) is 0 Å². The summed E-state index contributed by atoms with van der Waals surface area (Å²) in [6.07, 6.45) is 0.347. The highest BCUT2D eigenvalue weighted by molar-refractivity contribution is 7.80. The van der Waals surface area contributed by atoms with Crippen LogP contribution in [-0.4, -0.2) is 42.2 Å². The van der Waals surface area contributed by atoms with Crippen LogP contribution in [0.1, 0.15) is 23.2 Å². The number of benzene rings is 4. The first-order valence-electron chi connectivity index (χ1n) is 14.7. The average molecular weight is 662 g/mol. The van der Waals surface area contributed by atoms with E-state index in [1.54, 1.807) is 48.5 Å². The Morgan fingerprint density at radius 3 is 2.35 bits per heavy atom. The van der Waals surface area contributed by atoms with Crippen LogP contribution < -0.4 is 21.6 Å². The van der Waals surface area contributed by atoms with Crippen molar-refractivity contribution in [2.45, 2.75) is 19.4 Å². The third-order valence-electron chi connectivity index (χ3n) is 7.56. The second kappa shape index (κ2) is 13.2. The first kappa shape index (κ1) is 31.6. The number of aromatic carboxylic acids is 1. The summed E-state index contributed by atoms with van der Waals surface area (Å²) in [6, 6.07) is 24.2. The molecule has 2 heterocycles. The fourth-order valence-corrected chi connectivity index (χ4v) is 5.59. The van der Waals surface area contributed by atoms with Crippen molar-refractivity contribution in [3.8, 4) is 39.5 Å². The number of anilines is 2. The number of aryl methyl sites for hydroxylation is 1. The van der Waals surface area contributed by atoms with Gasteiger partial charge in [-0.1, -0.05) is 18.2 Å². The summed E-state index contributed by atoms with van der Waals surface area (Å²) in [5.41, 5.74) is 4.10. The van der Waals surface area contributed by atoms with E-state index in [2.05, 4.69) is 15.7 Å². The highest BCUT2D eigenvalue weighted by Crippen LogP contribution is 2.42. The second-order valence-corrected chi connectivity index (χ2v) is 11.3. The highest BCUT2D eigenvalue weighted by atomic mass is 32.1. The maximum atomic E-state index is 12.5. The molecular weight excluding hydrogens is 634 g/mol. The smallest absolute Gasteiger partial charge is 0.336 e. The van der Waals surface area contributed by atoms with E-state index >= 15 is 0 Å². The number of nitrogens with one attached hydrogen (secondary N) is 3. The van der Waals surface area contributed by atoms with Gasteiger partial charge in [0.25, 0.3) is 0 Å². The molecular formula is C35H27N5O7S. The van der Waals surface area contributed by atoms with Gasteiger partial charge in [0.2, 0.25) is 0 Å². The Hall–Kier alpha value is -6.34. The summed E-state index contributed by atoms with van der Waals surface area (Å²) in [5.74, 6) is -1.87. The number of fused-ring (bicyclic) bond motifs is 2. The lowest BCUT2D eigenvalue weighted by atomic mass is 9.90. The molecule has 0 spiro atoms.